The third-order valence-corrected chi connectivity index (χ3v) is 4.55. The Kier molecular flexibility index (Phi) is 5.46. The predicted octanol–water partition coefficient (Wildman–Crippen LogP) is 3.13. The molecule has 0 spiro atoms. The van der Waals surface area contributed by atoms with E-state index in [1.807, 2.05) is 0 Å². The highest BCUT2D eigenvalue weighted by Crippen LogP contribution is 2.24. The first-order valence-electron chi connectivity index (χ1n) is 7.41. The molecule has 3 unspecified atom stereocenters. The number of nitrogens with one attached hydrogen (secondary N) is 1. The minimum Gasteiger partial charge on any atom is -0.309 e. The maximum Gasteiger partial charge on any atom is 0.0278 e. The van der Waals surface area contributed by atoms with E-state index in [2.05, 4.69) is 51.8 Å². The second-order valence-electron chi connectivity index (χ2n) is 6.55. The summed E-state index contributed by atoms with van der Waals surface area (Å²) in [5.74, 6) is 1.56. The van der Waals surface area contributed by atoms with Crippen LogP contribution in [0.3, 0.4) is 0 Å². The summed E-state index contributed by atoms with van der Waals surface area (Å²) in [5.41, 5.74) is 0.318. The molecule has 0 aromatic heterocycles. The smallest absolute Gasteiger partial charge is 0.0278 e. The Morgan fingerprint density at radius 2 is 1.94 bits per heavy atom. The van der Waals surface area contributed by atoms with Crippen molar-refractivity contribution < 1.29 is 0 Å². The van der Waals surface area contributed by atoms with Crippen LogP contribution in [0.5, 0.6) is 0 Å². The molecule has 1 saturated heterocycles. The summed E-state index contributed by atoms with van der Waals surface area (Å²) >= 11 is 0. The van der Waals surface area contributed by atoms with Crippen LogP contribution in [0.15, 0.2) is 0 Å². The normalized spacial score (nSPS) is 33.0. The maximum absolute atomic E-state index is 3.76. The molecule has 1 aliphatic heterocycles. The highest BCUT2D eigenvalue weighted by Gasteiger charge is 2.35. The molecule has 17 heavy (non-hydrogen) atoms. The van der Waals surface area contributed by atoms with Gasteiger partial charge in [0.05, 0.1) is 0 Å². The van der Waals surface area contributed by atoms with Gasteiger partial charge in [0.25, 0.3) is 0 Å². The zero-order chi connectivity index (χ0) is 13.1. The van der Waals surface area contributed by atoms with E-state index in [4.69, 9.17) is 0 Å². The summed E-state index contributed by atoms with van der Waals surface area (Å²) in [7, 11) is 0. The summed E-state index contributed by atoms with van der Waals surface area (Å²) in [6.45, 7) is 17.7. The number of hydrogen-bond donors (Lipinski definition) is 1. The fourth-order valence-electron chi connectivity index (χ4n) is 2.72. The lowest BCUT2D eigenvalue weighted by Gasteiger charge is -2.48. The lowest BCUT2D eigenvalue weighted by molar-refractivity contribution is 0.0487. The molecule has 0 aromatic carbocycles. The van der Waals surface area contributed by atoms with E-state index in [1.54, 1.807) is 0 Å². The molecule has 1 N–H and O–H groups in total. The van der Waals surface area contributed by atoms with E-state index >= 15 is 0 Å². The van der Waals surface area contributed by atoms with Crippen molar-refractivity contribution in [2.24, 2.45) is 11.8 Å². The predicted molar refractivity (Wildman–Crippen MR) is 76.4 cm³/mol. The summed E-state index contributed by atoms with van der Waals surface area (Å²) in [6, 6.07) is 0.712. The van der Waals surface area contributed by atoms with E-state index in [1.165, 1.54) is 25.9 Å². The Bertz CT molecular complexity index is 227. The van der Waals surface area contributed by atoms with Gasteiger partial charge in [0.2, 0.25) is 0 Å². The molecule has 0 bridgehead atoms. The molecule has 1 rings (SSSR count). The maximum atomic E-state index is 3.76. The van der Waals surface area contributed by atoms with Gasteiger partial charge in [-0.1, -0.05) is 41.0 Å². The van der Waals surface area contributed by atoms with Crippen LogP contribution < -0.4 is 5.32 Å². The van der Waals surface area contributed by atoms with Gasteiger partial charge in [-0.3, -0.25) is 4.90 Å². The molecule has 102 valence electrons. The molecular weight excluding hydrogens is 208 g/mol. The van der Waals surface area contributed by atoms with E-state index in [9.17, 15) is 0 Å². The van der Waals surface area contributed by atoms with Crippen LogP contribution in [0.4, 0.5) is 0 Å². The highest BCUT2D eigenvalue weighted by molar-refractivity contribution is 4.95. The summed E-state index contributed by atoms with van der Waals surface area (Å²) < 4.78 is 0. The first-order chi connectivity index (χ1) is 7.91. The number of rotatable bonds is 5. The van der Waals surface area contributed by atoms with Crippen LogP contribution in [0.2, 0.25) is 0 Å². The largest absolute Gasteiger partial charge is 0.309 e. The molecule has 0 aliphatic carbocycles. The van der Waals surface area contributed by atoms with Crippen molar-refractivity contribution in [3.05, 3.63) is 0 Å². The van der Waals surface area contributed by atoms with E-state index in [-0.39, 0.29) is 0 Å². The fourth-order valence-corrected chi connectivity index (χ4v) is 2.72. The third-order valence-electron chi connectivity index (χ3n) is 4.55. The average Bonchev–Trinajstić information content (AvgIpc) is 2.28. The Balaban J connectivity index is 2.69. The molecular formula is C15H32N2. The van der Waals surface area contributed by atoms with E-state index < -0.39 is 0 Å². The van der Waals surface area contributed by atoms with Gasteiger partial charge < -0.3 is 5.32 Å². The molecule has 0 radical (unpaired) electrons. The van der Waals surface area contributed by atoms with Crippen molar-refractivity contribution in [3.63, 3.8) is 0 Å². The first-order valence-corrected chi connectivity index (χ1v) is 7.41. The van der Waals surface area contributed by atoms with Gasteiger partial charge in [-0.25, -0.2) is 0 Å². The number of piperazine rings is 1. The molecule has 2 heteroatoms. The van der Waals surface area contributed by atoms with Crippen molar-refractivity contribution in [2.75, 3.05) is 19.6 Å². The Morgan fingerprint density at radius 3 is 2.41 bits per heavy atom. The second-order valence-corrected chi connectivity index (χ2v) is 6.55. The molecule has 2 nitrogen and oxygen atoms in total. The zero-order valence-corrected chi connectivity index (χ0v) is 12.7. The Hall–Kier alpha value is -0.0800. The van der Waals surface area contributed by atoms with Gasteiger partial charge in [0, 0.05) is 31.2 Å². The van der Waals surface area contributed by atoms with Crippen molar-refractivity contribution in [2.45, 2.75) is 66.0 Å². The number of hydrogen-bond acceptors (Lipinski definition) is 2. The van der Waals surface area contributed by atoms with Crippen LogP contribution in [-0.2, 0) is 0 Å². The Labute approximate surface area is 108 Å². The second kappa shape index (κ2) is 6.19. The SMILES string of the molecule is CCC(C)CN1CC(C)(CC)NCC1C(C)C. The minimum absolute atomic E-state index is 0.318. The molecule has 1 aliphatic rings. The fraction of sp³-hybridized carbons (Fsp3) is 1.00. The van der Waals surface area contributed by atoms with E-state index in [0.717, 1.165) is 18.4 Å². The lowest BCUT2D eigenvalue weighted by Crippen LogP contribution is -2.64. The third kappa shape index (κ3) is 3.96. The van der Waals surface area contributed by atoms with Crippen molar-refractivity contribution >= 4 is 0 Å². The van der Waals surface area contributed by atoms with Crippen molar-refractivity contribution in [1.82, 2.24) is 10.2 Å². The molecule has 0 aromatic rings. The van der Waals surface area contributed by atoms with Crippen molar-refractivity contribution in [1.29, 1.82) is 0 Å². The van der Waals surface area contributed by atoms with Crippen molar-refractivity contribution in [3.8, 4) is 0 Å². The molecule has 0 saturated carbocycles. The summed E-state index contributed by atoms with van der Waals surface area (Å²) in [4.78, 5) is 2.73. The van der Waals surface area contributed by atoms with Gasteiger partial charge in [-0.05, 0) is 25.2 Å². The van der Waals surface area contributed by atoms with Crippen LogP contribution in [-0.4, -0.2) is 36.1 Å². The first kappa shape index (κ1) is 15.0. The van der Waals surface area contributed by atoms with Gasteiger partial charge in [-0.15, -0.1) is 0 Å². The average molecular weight is 240 g/mol. The zero-order valence-electron chi connectivity index (χ0n) is 12.7. The van der Waals surface area contributed by atoms with Gasteiger partial charge >= 0.3 is 0 Å². The minimum atomic E-state index is 0.318. The molecule has 3 atom stereocenters. The van der Waals surface area contributed by atoms with Crippen LogP contribution >= 0.6 is 0 Å². The highest BCUT2D eigenvalue weighted by atomic mass is 15.3. The lowest BCUT2D eigenvalue weighted by atomic mass is 9.89. The molecule has 1 fully saturated rings. The van der Waals surface area contributed by atoms with Gasteiger partial charge in [0.1, 0.15) is 0 Å². The summed E-state index contributed by atoms with van der Waals surface area (Å²) in [6.07, 6.45) is 2.51. The topological polar surface area (TPSA) is 15.3 Å². The van der Waals surface area contributed by atoms with Gasteiger partial charge in [-0.2, -0.15) is 0 Å². The summed E-state index contributed by atoms with van der Waals surface area (Å²) in [5, 5.41) is 3.76. The monoisotopic (exact) mass is 240 g/mol. The Morgan fingerprint density at radius 1 is 1.29 bits per heavy atom. The molecule has 1 heterocycles. The van der Waals surface area contributed by atoms with Crippen LogP contribution in [0.1, 0.15) is 54.4 Å². The van der Waals surface area contributed by atoms with E-state index in [0.29, 0.717) is 11.6 Å². The molecule has 0 amide bonds. The van der Waals surface area contributed by atoms with Crippen LogP contribution in [0, 0.1) is 11.8 Å². The van der Waals surface area contributed by atoms with Gasteiger partial charge in [0.15, 0.2) is 0 Å². The quantitative estimate of drug-likeness (QED) is 0.794. The van der Waals surface area contributed by atoms with Crippen LogP contribution in [0.25, 0.3) is 0 Å². The standard InChI is InChI=1S/C15H32N2/c1-7-13(5)10-17-11-15(6,8-2)16-9-14(17)12(3)4/h12-14,16H,7-11H2,1-6H3. The number of nitrogens with zero attached hydrogens (tertiary/aromatic N) is 1.